The average molecular weight is 650 g/mol. The van der Waals surface area contributed by atoms with Crippen molar-refractivity contribution >= 4 is 17.9 Å². The van der Waals surface area contributed by atoms with Crippen molar-refractivity contribution in [3.05, 3.63) is 108 Å². The van der Waals surface area contributed by atoms with E-state index in [2.05, 4.69) is 15.6 Å². The number of carbonyl (C=O) groups excluding carboxylic acids is 2. The van der Waals surface area contributed by atoms with Crippen LogP contribution >= 0.6 is 0 Å². The number of nitrogens with one attached hydrogen (secondary N) is 3. The summed E-state index contributed by atoms with van der Waals surface area (Å²) < 4.78 is 30.9. The molecular weight excluding hydrogens is 610 g/mol. The number of hydrogen-bond acceptors (Lipinski definition) is 7. The maximum atomic E-state index is 13.8. The normalized spacial score (nSPS) is 29.7. The average Bonchev–Trinajstić information content (AvgIpc) is 3.38. The van der Waals surface area contributed by atoms with E-state index < -0.39 is 53.6 Å². The quantitative estimate of drug-likeness (QED) is 0.144. The molecule has 0 unspecified atom stereocenters. The Labute approximate surface area is 275 Å². The Morgan fingerprint density at radius 1 is 0.957 bits per heavy atom. The van der Waals surface area contributed by atoms with Crippen LogP contribution in [0.25, 0.3) is 0 Å². The lowest BCUT2D eigenvalue weighted by Gasteiger charge is -2.56. The van der Waals surface area contributed by atoms with Gasteiger partial charge in [-0.1, -0.05) is 91.0 Å². The number of halogens is 1. The van der Waals surface area contributed by atoms with E-state index in [-0.39, 0.29) is 19.0 Å². The van der Waals surface area contributed by atoms with Crippen LogP contribution in [-0.2, 0) is 53.0 Å². The van der Waals surface area contributed by atoms with E-state index in [0.29, 0.717) is 25.5 Å². The van der Waals surface area contributed by atoms with Gasteiger partial charge in [0, 0.05) is 20.5 Å². The molecule has 0 aromatic heterocycles. The molecule has 3 fully saturated rings. The maximum absolute atomic E-state index is 13.8. The van der Waals surface area contributed by atoms with Gasteiger partial charge < -0.3 is 36.1 Å². The van der Waals surface area contributed by atoms with Crippen molar-refractivity contribution in [2.75, 3.05) is 7.11 Å². The first-order valence-electron chi connectivity index (χ1n) is 15.3. The predicted octanol–water partition coefficient (Wildman–Crippen LogP) is -1.03. The molecule has 11 heteroatoms. The monoisotopic (exact) mass is 649 g/mol. The van der Waals surface area contributed by atoms with Crippen LogP contribution in [-0.4, -0.2) is 60.7 Å². The van der Waals surface area contributed by atoms with Crippen LogP contribution in [0.1, 0.15) is 37.0 Å². The van der Waals surface area contributed by atoms with Gasteiger partial charge in [-0.3, -0.25) is 20.4 Å². The topological polar surface area (TPSA) is 118 Å². The minimum Gasteiger partial charge on any atom is -1.00 e. The fourth-order valence-electron chi connectivity index (χ4n) is 6.94. The van der Waals surface area contributed by atoms with E-state index in [4.69, 9.17) is 23.7 Å². The first kappa shape index (κ1) is 33.4. The van der Waals surface area contributed by atoms with Crippen molar-refractivity contribution in [2.24, 2.45) is 5.92 Å². The van der Waals surface area contributed by atoms with Crippen LogP contribution in [0, 0.1) is 5.92 Å². The highest BCUT2D eigenvalue weighted by Gasteiger charge is 2.78. The van der Waals surface area contributed by atoms with Gasteiger partial charge in [-0.05, 0) is 23.6 Å². The van der Waals surface area contributed by atoms with Gasteiger partial charge in [-0.15, -0.1) is 0 Å². The van der Waals surface area contributed by atoms with E-state index >= 15 is 0 Å². The zero-order chi connectivity index (χ0) is 31.4. The van der Waals surface area contributed by atoms with Crippen molar-refractivity contribution in [3.63, 3.8) is 0 Å². The van der Waals surface area contributed by atoms with Gasteiger partial charge >= 0.3 is 17.9 Å². The van der Waals surface area contributed by atoms with Gasteiger partial charge in [0.15, 0.2) is 24.0 Å². The molecule has 2 aliphatic heterocycles. The second-order valence-electron chi connectivity index (χ2n) is 12.0. The van der Waals surface area contributed by atoms with Gasteiger partial charge in [0.2, 0.25) is 0 Å². The van der Waals surface area contributed by atoms with Crippen LogP contribution in [0.4, 0.5) is 0 Å². The third kappa shape index (κ3) is 6.62. The van der Waals surface area contributed by atoms with E-state index in [1.165, 1.54) is 6.92 Å². The number of rotatable bonds is 10. The number of fused-ring (bicyclic) bond motifs is 1. The maximum Gasteiger partial charge on any atom is 0.344 e. The highest BCUT2D eigenvalue weighted by Crippen LogP contribution is 2.55. The highest BCUT2D eigenvalue weighted by molar-refractivity contribution is 5.83. The predicted molar refractivity (Wildman–Crippen MR) is 164 cm³/mol. The van der Waals surface area contributed by atoms with Crippen molar-refractivity contribution < 1.29 is 50.7 Å². The van der Waals surface area contributed by atoms with Gasteiger partial charge in [0.1, 0.15) is 11.7 Å². The van der Waals surface area contributed by atoms with Crippen molar-refractivity contribution in [1.82, 2.24) is 10.6 Å². The summed E-state index contributed by atoms with van der Waals surface area (Å²) >= 11 is 0. The zero-order valence-corrected chi connectivity index (χ0v) is 26.9. The largest absolute Gasteiger partial charge is 1.00 e. The molecule has 2 saturated heterocycles. The van der Waals surface area contributed by atoms with E-state index in [1.807, 2.05) is 91.0 Å². The van der Waals surface area contributed by atoms with Crippen LogP contribution < -0.4 is 28.0 Å². The van der Waals surface area contributed by atoms with Gasteiger partial charge in [0.25, 0.3) is 0 Å². The molecule has 6 rings (SSSR count). The molecule has 1 aliphatic carbocycles. The molecule has 10 nitrogen and oxygen atoms in total. The van der Waals surface area contributed by atoms with Gasteiger partial charge in [0.05, 0.1) is 25.6 Å². The molecule has 7 atom stereocenters. The second kappa shape index (κ2) is 14.2. The number of carbonyl (C=O) groups is 2. The lowest BCUT2D eigenvalue weighted by atomic mass is 9.61. The number of ether oxygens (including phenoxy) is 5. The van der Waals surface area contributed by atoms with Crippen molar-refractivity contribution in [1.29, 1.82) is 0 Å². The summed E-state index contributed by atoms with van der Waals surface area (Å²) in [5.74, 6) is -0.919. The Morgan fingerprint density at radius 3 is 2.17 bits per heavy atom. The van der Waals surface area contributed by atoms with Crippen molar-refractivity contribution in [3.8, 4) is 0 Å². The molecule has 3 aromatic carbocycles. The van der Waals surface area contributed by atoms with E-state index in [0.717, 1.165) is 16.7 Å². The summed E-state index contributed by atoms with van der Waals surface area (Å²) in [5, 5.41) is 7.22. The molecule has 3 N–H and O–H groups in total. The number of methoxy groups -OCH3 is 1. The molecular formula is C35H40ClN3O7. The van der Waals surface area contributed by atoms with Crippen LogP contribution in [0.15, 0.2) is 91.0 Å². The number of esters is 2. The lowest BCUT2D eigenvalue weighted by Crippen LogP contribution is -3.00. The summed E-state index contributed by atoms with van der Waals surface area (Å²) in [6, 6.07) is 29.8. The summed E-state index contributed by atoms with van der Waals surface area (Å²) in [6.45, 7) is 4.40. The molecule has 0 spiro atoms. The summed E-state index contributed by atoms with van der Waals surface area (Å²) in [4.78, 5) is 29.7. The first-order valence-corrected chi connectivity index (χ1v) is 15.3. The lowest BCUT2D eigenvalue weighted by molar-refractivity contribution is -0.480. The van der Waals surface area contributed by atoms with Crippen LogP contribution in [0.3, 0.4) is 0 Å². The van der Waals surface area contributed by atoms with Crippen LogP contribution in [0.2, 0.25) is 0 Å². The third-order valence-electron chi connectivity index (χ3n) is 8.92. The Bertz CT molecular complexity index is 1510. The fourth-order valence-corrected chi connectivity index (χ4v) is 6.94. The zero-order valence-electron chi connectivity index (χ0n) is 26.1. The Kier molecular flexibility index (Phi) is 10.3. The molecule has 1 saturated carbocycles. The number of benzene rings is 3. The second-order valence-corrected chi connectivity index (χ2v) is 12.0. The van der Waals surface area contributed by atoms with Crippen molar-refractivity contribution in [2.45, 2.75) is 75.7 Å². The SMILES string of the molecule is CO[C@@H]1O[C@@H]2C(=O)O[C@H]3[C@@H](OCc4ccccc4)[C@]2(NC(NCc2ccccc2)=[NH+]Cc2ccccc2)[C@@H]1C[C@]3(C)OC(C)=O.[Cl-]. The Morgan fingerprint density at radius 2 is 1.57 bits per heavy atom. The van der Waals surface area contributed by atoms with Gasteiger partial charge in [-0.25, -0.2) is 4.79 Å². The van der Waals surface area contributed by atoms with E-state index in [9.17, 15) is 9.59 Å². The number of hydrogen-bond donors (Lipinski definition) is 3. The summed E-state index contributed by atoms with van der Waals surface area (Å²) in [6.07, 6.45) is -3.24. The highest BCUT2D eigenvalue weighted by atomic mass is 35.5. The molecule has 3 aromatic rings. The molecule has 3 aliphatic rings. The molecule has 46 heavy (non-hydrogen) atoms. The minimum atomic E-state index is -1.19. The summed E-state index contributed by atoms with van der Waals surface area (Å²) in [7, 11) is 1.54. The fraction of sp³-hybridized carbons (Fsp3) is 0.400. The van der Waals surface area contributed by atoms with Crippen LogP contribution in [0.5, 0.6) is 0 Å². The standard InChI is InChI=1S/C35H39N3O7.ClH/c1-23(39)45-34(2)19-27-32(41-3)44-30-31(40)43-28(34)29(42-22-26-17-11-6-12-18-26)35(27,30)38-33(36-20-24-13-7-4-8-14-24)37-21-25-15-9-5-10-16-25;/h4-18,27-30,32H,19-22H2,1-3H3,(H2,36,37,38);1H/t27-,28+,29-,30-,32-,34+,35-;/m1./s1. The molecule has 0 amide bonds. The molecule has 2 heterocycles. The minimum absolute atomic E-state index is 0. The number of guanidine groups is 1. The summed E-state index contributed by atoms with van der Waals surface area (Å²) in [5.41, 5.74) is 0.769. The Hall–Kier alpha value is -3.96. The first-order chi connectivity index (χ1) is 21.8. The molecule has 0 radical (unpaired) electrons. The van der Waals surface area contributed by atoms with E-state index in [1.54, 1.807) is 14.0 Å². The Balaban J connectivity index is 0.00000417. The van der Waals surface area contributed by atoms with Gasteiger partial charge in [-0.2, -0.15) is 0 Å². The smallest absolute Gasteiger partial charge is 0.344 e. The molecule has 2 bridgehead atoms. The molecule has 244 valence electrons. The third-order valence-corrected chi connectivity index (χ3v) is 8.92.